The van der Waals surface area contributed by atoms with E-state index in [1.807, 2.05) is 0 Å². The van der Waals surface area contributed by atoms with Gasteiger partial charge in [-0.15, -0.1) is 0 Å². The van der Waals surface area contributed by atoms with Crippen molar-refractivity contribution in [2.75, 3.05) is 37.5 Å². The van der Waals surface area contributed by atoms with Crippen LogP contribution in [-0.4, -0.2) is 32.3 Å². The second-order valence-electron chi connectivity index (χ2n) is 4.52. The second kappa shape index (κ2) is 6.75. The van der Waals surface area contributed by atoms with E-state index in [4.69, 9.17) is 26.8 Å². The van der Waals surface area contributed by atoms with Gasteiger partial charge in [-0.3, -0.25) is 4.79 Å². The SMILES string of the molecule is Nc1ccc(Cl)cc1NC(=O)COCC1CCOC1. The molecule has 1 aromatic carbocycles. The highest BCUT2D eigenvalue weighted by Crippen LogP contribution is 2.22. The van der Waals surface area contributed by atoms with E-state index < -0.39 is 0 Å². The van der Waals surface area contributed by atoms with Gasteiger partial charge in [0.2, 0.25) is 5.91 Å². The number of carbonyl (C=O) groups excluding carboxylic acids is 1. The Morgan fingerprint density at radius 3 is 3.16 bits per heavy atom. The number of nitrogen functional groups attached to an aromatic ring is 1. The quantitative estimate of drug-likeness (QED) is 0.810. The van der Waals surface area contributed by atoms with Gasteiger partial charge >= 0.3 is 0 Å². The third-order valence-electron chi connectivity index (χ3n) is 2.90. The number of benzene rings is 1. The van der Waals surface area contributed by atoms with E-state index >= 15 is 0 Å². The van der Waals surface area contributed by atoms with Gasteiger partial charge in [0.15, 0.2) is 0 Å². The molecule has 19 heavy (non-hydrogen) atoms. The fourth-order valence-corrected chi connectivity index (χ4v) is 2.03. The lowest BCUT2D eigenvalue weighted by molar-refractivity contribution is -0.121. The zero-order chi connectivity index (χ0) is 13.7. The molecule has 5 nitrogen and oxygen atoms in total. The van der Waals surface area contributed by atoms with Crippen molar-refractivity contribution in [3.8, 4) is 0 Å². The van der Waals surface area contributed by atoms with Gasteiger partial charge in [0.25, 0.3) is 0 Å². The number of nitrogens with two attached hydrogens (primary N) is 1. The average Bonchev–Trinajstić information content (AvgIpc) is 2.87. The van der Waals surface area contributed by atoms with Crippen LogP contribution in [0.4, 0.5) is 11.4 Å². The molecule has 0 aromatic heterocycles. The fraction of sp³-hybridized carbons (Fsp3) is 0.462. The molecular formula is C13H17ClN2O3. The van der Waals surface area contributed by atoms with E-state index in [0.29, 0.717) is 35.5 Å². The first kappa shape index (κ1) is 14.1. The average molecular weight is 285 g/mol. The molecule has 1 amide bonds. The number of hydrogen-bond acceptors (Lipinski definition) is 4. The molecule has 1 aliphatic rings. The minimum Gasteiger partial charge on any atom is -0.397 e. The van der Waals surface area contributed by atoms with Crippen molar-refractivity contribution >= 4 is 28.9 Å². The van der Waals surface area contributed by atoms with E-state index in [9.17, 15) is 4.79 Å². The Morgan fingerprint density at radius 1 is 1.58 bits per heavy atom. The summed E-state index contributed by atoms with van der Waals surface area (Å²) in [6.07, 6.45) is 0.989. The zero-order valence-electron chi connectivity index (χ0n) is 10.5. The normalized spacial score (nSPS) is 18.5. The highest BCUT2D eigenvalue weighted by Gasteiger charge is 2.16. The molecule has 1 aromatic rings. The van der Waals surface area contributed by atoms with Crippen LogP contribution >= 0.6 is 11.6 Å². The Kier molecular flexibility index (Phi) is 5.01. The Hall–Kier alpha value is -1.30. The van der Waals surface area contributed by atoms with E-state index in [1.54, 1.807) is 18.2 Å². The molecule has 1 atom stereocenters. The van der Waals surface area contributed by atoms with Crippen LogP contribution in [0.3, 0.4) is 0 Å². The molecule has 1 aliphatic heterocycles. The second-order valence-corrected chi connectivity index (χ2v) is 4.96. The van der Waals surface area contributed by atoms with Crippen LogP contribution in [-0.2, 0) is 14.3 Å². The molecule has 104 valence electrons. The van der Waals surface area contributed by atoms with Crippen molar-refractivity contribution in [2.24, 2.45) is 5.92 Å². The molecule has 0 spiro atoms. The molecular weight excluding hydrogens is 268 g/mol. The molecule has 1 unspecified atom stereocenters. The summed E-state index contributed by atoms with van der Waals surface area (Å²) in [5.41, 5.74) is 6.71. The fourth-order valence-electron chi connectivity index (χ4n) is 1.86. The molecule has 0 saturated carbocycles. The predicted molar refractivity (Wildman–Crippen MR) is 74.2 cm³/mol. The molecule has 0 bridgehead atoms. The number of rotatable bonds is 5. The van der Waals surface area contributed by atoms with Crippen LogP contribution in [0.15, 0.2) is 18.2 Å². The Morgan fingerprint density at radius 2 is 2.42 bits per heavy atom. The third-order valence-corrected chi connectivity index (χ3v) is 3.14. The maximum atomic E-state index is 11.7. The van der Waals surface area contributed by atoms with Crippen molar-refractivity contribution < 1.29 is 14.3 Å². The summed E-state index contributed by atoms with van der Waals surface area (Å²) in [7, 11) is 0. The number of amides is 1. The number of hydrogen-bond donors (Lipinski definition) is 2. The van der Waals surface area contributed by atoms with Gasteiger partial charge in [-0.25, -0.2) is 0 Å². The van der Waals surface area contributed by atoms with Gasteiger partial charge < -0.3 is 20.5 Å². The van der Waals surface area contributed by atoms with Crippen LogP contribution in [0.25, 0.3) is 0 Å². The van der Waals surface area contributed by atoms with Gasteiger partial charge in [0.05, 0.1) is 24.6 Å². The maximum absolute atomic E-state index is 11.7. The van der Waals surface area contributed by atoms with Crippen molar-refractivity contribution in [3.63, 3.8) is 0 Å². The van der Waals surface area contributed by atoms with Crippen LogP contribution in [0.5, 0.6) is 0 Å². The van der Waals surface area contributed by atoms with Crippen molar-refractivity contribution in [1.29, 1.82) is 0 Å². The van der Waals surface area contributed by atoms with Crippen molar-refractivity contribution in [3.05, 3.63) is 23.2 Å². The lowest BCUT2D eigenvalue weighted by atomic mass is 10.1. The minimum absolute atomic E-state index is 0.00243. The lowest BCUT2D eigenvalue weighted by Gasteiger charge is -2.10. The smallest absolute Gasteiger partial charge is 0.250 e. The molecule has 0 radical (unpaired) electrons. The largest absolute Gasteiger partial charge is 0.397 e. The van der Waals surface area contributed by atoms with Crippen LogP contribution < -0.4 is 11.1 Å². The number of halogens is 1. The Labute approximate surface area is 117 Å². The molecule has 2 rings (SSSR count). The van der Waals surface area contributed by atoms with Gasteiger partial charge in [-0.2, -0.15) is 0 Å². The first-order valence-corrected chi connectivity index (χ1v) is 6.53. The number of anilines is 2. The van der Waals surface area contributed by atoms with Gasteiger partial charge in [0.1, 0.15) is 6.61 Å². The number of ether oxygens (including phenoxy) is 2. The van der Waals surface area contributed by atoms with Crippen LogP contribution in [0, 0.1) is 5.92 Å². The first-order chi connectivity index (χ1) is 9.15. The molecule has 6 heteroatoms. The molecule has 0 aliphatic carbocycles. The maximum Gasteiger partial charge on any atom is 0.250 e. The monoisotopic (exact) mass is 284 g/mol. The molecule has 1 heterocycles. The predicted octanol–water partition coefficient (Wildman–Crippen LogP) is 1.91. The number of carbonyl (C=O) groups is 1. The summed E-state index contributed by atoms with van der Waals surface area (Å²) in [5, 5.41) is 3.19. The minimum atomic E-state index is -0.243. The third kappa shape index (κ3) is 4.38. The van der Waals surface area contributed by atoms with Crippen LogP contribution in [0.1, 0.15) is 6.42 Å². The Bertz CT molecular complexity index is 448. The molecule has 1 fully saturated rings. The van der Waals surface area contributed by atoms with Crippen LogP contribution in [0.2, 0.25) is 5.02 Å². The lowest BCUT2D eigenvalue weighted by Crippen LogP contribution is -2.21. The highest BCUT2D eigenvalue weighted by atomic mass is 35.5. The molecule has 3 N–H and O–H groups in total. The summed E-state index contributed by atoms with van der Waals surface area (Å²) >= 11 is 5.84. The zero-order valence-corrected chi connectivity index (χ0v) is 11.3. The highest BCUT2D eigenvalue weighted by molar-refractivity contribution is 6.31. The molecule has 1 saturated heterocycles. The van der Waals surface area contributed by atoms with Gasteiger partial charge in [0, 0.05) is 17.5 Å². The van der Waals surface area contributed by atoms with Gasteiger partial charge in [-0.05, 0) is 24.6 Å². The van der Waals surface area contributed by atoms with Gasteiger partial charge in [-0.1, -0.05) is 11.6 Å². The summed E-state index contributed by atoms with van der Waals surface area (Å²) < 4.78 is 10.6. The summed E-state index contributed by atoms with van der Waals surface area (Å²) in [4.78, 5) is 11.7. The van der Waals surface area contributed by atoms with E-state index in [1.165, 1.54) is 0 Å². The topological polar surface area (TPSA) is 73.6 Å². The van der Waals surface area contributed by atoms with Crippen molar-refractivity contribution in [2.45, 2.75) is 6.42 Å². The summed E-state index contributed by atoms with van der Waals surface area (Å²) in [5.74, 6) is 0.150. The van der Waals surface area contributed by atoms with Crippen molar-refractivity contribution in [1.82, 2.24) is 0 Å². The van der Waals surface area contributed by atoms with E-state index in [-0.39, 0.29) is 12.5 Å². The van der Waals surface area contributed by atoms with E-state index in [2.05, 4.69) is 5.32 Å². The number of nitrogens with one attached hydrogen (secondary N) is 1. The standard InChI is InChI=1S/C13H17ClN2O3/c14-10-1-2-11(15)12(5-10)16-13(17)8-19-7-9-3-4-18-6-9/h1-2,5,9H,3-4,6-8,15H2,(H,16,17). The van der Waals surface area contributed by atoms with E-state index in [0.717, 1.165) is 13.0 Å². The Balaban J connectivity index is 1.75. The summed E-state index contributed by atoms with van der Waals surface area (Å²) in [6, 6.07) is 4.93. The summed E-state index contributed by atoms with van der Waals surface area (Å²) in [6.45, 7) is 2.03. The first-order valence-electron chi connectivity index (χ1n) is 6.15.